The summed E-state index contributed by atoms with van der Waals surface area (Å²) < 4.78 is 56.7. The largest absolute Gasteiger partial charge is 0.480 e. The van der Waals surface area contributed by atoms with Crippen molar-refractivity contribution in [1.82, 2.24) is 5.32 Å². The van der Waals surface area contributed by atoms with Gasteiger partial charge in [0.25, 0.3) is 5.91 Å². The van der Waals surface area contributed by atoms with Crippen molar-refractivity contribution in [3.05, 3.63) is 34.5 Å². The molecule has 0 aliphatic heterocycles. The summed E-state index contributed by atoms with van der Waals surface area (Å²) in [4.78, 5) is 23.2. The number of thiophene rings is 1. The maximum atomic E-state index is 14.0. The minimum absolute atomic E-state index is 0.0876. The maximum Gasteiger partial charge on any atom is 0.391 e. The second-order valence-corrected chi connectivity index (χ2v) is 6.19. The molecule has 1 aromatic heterocycles. The van der Waals surface area contributed by atoms with Crippen LogP contribution in [0.3, 0.4) is 0 Å². The molecule has 0 radical (unpaired) electrons. The highest BCUT2D eigenvalue weighted by molar-refractivity contribution is 7.21. The number of alkyl halides is 3. The number of nitrogens with one attached hydrogen (secondary N) is 1. The lowest BCUT2D eigenvalue weighted by Crippen LogP contribution is -2.43. The molecule has 1 atom stereocenters. The molecule has 136 valence electrons. The number of carbonyl (C=O) groups excluding carboxylic acids is 1. The monoisotopic (exact) mass is 379 g/mol. The summed E-state index contributed by atoms with van der Waals surface area (Å²) in [6.07, 6.45) is -6.48. The van der Waals surface area contributed by atoms with E-state index in [1.54, 1.807) is 6.07 Å². The van der Waals surface area contributed by atoms with E-state index in [1.807, 2.05) is 5.32 Å². The summed E-state index contributed by atoms with van der Waals surface area (Å²) in [5.74, 6) is -3.44. The van der Waals surface area contributed by atoms with Crippen molar-refractivity contribution < 1.29 is 37.0 Å². The molecular formula is C15H13F4NO4S. The van der Waals surface area contributed by atoms with E-state index in [4.69, 9.17) is 9.84 Å². The van der Waals surface area contributed by atoms with Crippen LogP contribution < -0.4 is 5.32 Å². The number of hydrogen-bond donors (Lipinski definition) is 2. The third-order valence-electron chi connectivity index (χ3n) is 3.30. The highest BCUT2D eigenvalue weighted by Gasteiger charge is 2.37. The van der Waals surface area contributed by atoms with Gasteiger partial charge in [-0.05, 0) is 12.1 Å². The Kier molecular flexibility index (Phi) is 5.63. The number of carboxylic acids is 1. The van der Waals surface area contributed by atoms with Crippen LogP contribution in [0.2, 0.25) is 0 Å². The number of aliphatic carboxylic acids is 1. The molecule has 0 spiro atoms. The van der Waals surface area contributed by atoms with Gasteiger partial charge in [0.05, 0.1) is 17.9 Å². The zero-order valence-corrected chi connectivity index (χ0v) is 13.6. The normalized spacial score (nSPS) is 13.0. The van der Waals surface area contributed by atoms with Crippen LogP contribution in [-0.4, -0.2) is 36.3 Å². The molecular weight excluding hydrogens is 366 g/mol. The van der Waals surface area contributed by atoms with Gasteiger partial charge in [-0.15, -0.1) is 11.3 Å². The number of methoxy groups -OCH3 is 1. The summed E-state index contributed by atoms with van der Waals surface area (Å²) in [5, 5.41) is 10.9. The van der Waals surface area contributed by atoms with Gasteiger partial charge in [-0.25, -0.2) is 9.18 Å². The Bertz CT molecular complexity index is 803. The molecule has 1 unspecified atom stereocenters. The van der Waals surface area contributed by atoms with Gasteiger partial charge < -0.3 is 15.2 Å². The molecule has 0 aliphatic rings. The summed E-state index contributed by atoms with van der Waals surface area (Å²) in [7, 11) is 1.32. The molecule has 0 fully saturated rings. The van der Waals surface area contributed by atoms with Gasteiger partial charge in [0, 0.05) is 22.8 Å². The van der Waals surface area contributed by atoms with E-state index in [0.29, 0.717) is 4.70 Å². The molecule has 2 aromatic rings. The molecule has 1 amide bonds. The highest BCUT2D eigenvalue weighted by atomic mass is 32.1. The van der Waals surface area contributed by atoms with Crippen LogP contribution in [0, 0.1) is 5.82 Å². The summed E-state index contributed by atoms with van der Waals surface area (Å²) in [6, 6.07) is 2.01. The number of fused-ring (bicyclic) bond motifs is 1. The third-order valence-corrected chi connectivity index (χ3v) is 4.49. The molecule has 2 N–H and O–H groups in total. The van der Waals surface area contributed by atoms with Crippen molar-refractivity contribution in [2.45, 2.75) is 25.2 Å². The average molecular weight is 379 g/mol. The van der Waals surface area contributed by atoms with Gasteiger partial charge in [0.1, 0.15) is 11.9 Å². The Hall–Kier alpha value is -2.20. The van der Waals surface area contributed by atoms with Crippen molar-refractivity contribution in [1.29, 1.82) is 0 Å². The van der Waals surface area contributed by atoms with Crippen LogP contribution in [0.1, 0.15) is 21.7 Å². The number of rotatable bonds is 6. The summed E-state index contributed by atoms with van der Waals surface area (Å²) in [6.45, 7) is -0.152. The van der Waals surface area contributed by atoms with E-state index in [-0.39, 0.29) is 22.4 Å². The van der Waals surface area contributed by atoms with E-state index in [9.17, 15) is 27.2 Å². The smallest absolute Gasteiger partial charge is 0.391 e. The van der Waals surface area contributed by atoms with Gasteiger partial charge in [-0.2, -0.15) is 13.2 Å². The van der Waals surface area contributed by atoms with Crippen molar-refractivity contribution in [3.8, 4) is 0 Å². The number of carboxylic acid groups (broad SMARTS) is 1. The lowest BCUT2D eigenvalue weighted by atomic mass is 10.1. The van der Waals surface area contributed by atoms with E-state index in [1.165, 1.54) is 19.2 Å². The Morgan fingerprint density at radius 2 is 2.04 bits per heavy atom. The van der Waals surface area contributed by atoms with Crippen molar-refractivity contribution in [3.63, 3.8) is 0 Å². The minimum Gasteiger partial charge on any atom is -0.480 e. The predicted octanol–water partition coefficient (Wildman–Crippen LogP) is 3.32. The molecule has 0 bridgehead atoms. The van der Waals surface area contributed by atoms with Crippen molar-refractivity contribution in [2.75, 3.05) is 7.11 Å². The number of carbonyl (C=O) groups is 2. The second kappa shape index (κ2) is 7.36. The average Bonchev–Trinajstić information content (AvgIpc) is 2.86. The minimum atomic E-state index is -4.77. The number of hydrogen-bond acceptors (Lipinski definition) is 4. The number of ether oxygens (including phenoxy) is 1. The van der Waals surface area contributed by atoms with Crippen LogP contribution in [0.5, 0.6) is 0 Å². The molecule has 0 saturated carbocycles. The van der Waals surface area contributed by atoms with Gasteiger partial charge in [0.2, 0.25) is 0 Å². The van der Waals surface area contributed by atoms with E-state index in [2.05, 4.69) is 0 Å². The molecule has 10 heteroatoms. The Morgan fingerprint density at radius 1 is 1.36 bits per heavy atom. The van der Waals surface area contributed by atoms with Gasteiger partial charge in [-0.1, -0.05) is 6.07 Å². The zero-order chi connectivity index (χ0) is 18.8. The van der Waals surface area contributed by atoms with E-state index in [0.717, 1.165) is 11.3 Å². The highest BCUT2D eigenvalue weighted by Crippen LogP contribution is 2.34. The molecule has 1 heterocycles. The van der Waals surface area contributed by atoms with Crippen molar-refractivity contribution in [2.24, 2.45) is 0 Å². The fraction of sp³-hybridized carbons (Fsp3) is 0.333. The van der Waals surface area contributed by atoms with Crippen LogP contribution in [0.4, 0.5) is 17.6 Å². The molecule has 2 rings (SSSR count). The van der Waals surface area contributed by atoms with E-state index < -0.39 is 36.3 Å². The van der Waals surface area contributed by atoms with Crippen LogP contribution in [0.25, 0.3) is 10.1 Å². The quantitative estimate of drug-likeness (QED) is 0.755. The maximum absolute atomic E-state index is 14.0. The first-order valence-corrected chi connectivity index (χ1v) is 7.75. The molecule has 1 aromatic carbocycles. The van der Waals surface area contributed by atoms with E-state index >= 15 is 0 Å². The molecule has 25 heavy (non-hydrogen) atoms. The van der Waals surface area contributed by atoms with Crippen LogP contribution >= 0.6 is 11.3 Å². The Labute approximate surface area is 143 Å². The van der Waals surface area contributed by atoms with Gasteiger partial charge >= 0.3 is 12.1 Å². The van der Waals surface area contributed by atoms with Crippen LogP contribution in [-0.2, 0) is 16.1 Å². The fourth-order valence-electron chi connectivity index (χ4n) is 2.29. The fourth-order valence-corrected chi connectivity index (χ4v) is 3.41. The SMILES string of the molecule is COCc1c(C(=O)NC(CC(F)(F)F)C(=O)O)sc2cccc(F)c12. The summed E-state index contributed by atoms with van der Waals surface area (Å²) in [5.41, 5.74) is 0.161. The van der Waals surface area contributed by atoms with Crippen LogP contribution in [0.15, 0.2) is 18.2 Å². The number of benzene rings is 1. The third kappa shape index (κ3) is 4.45. The number of halogens is 4. The predicted molar refractivity (Wildman–Crippen MR) is 82.1 cm³/mol. The summed E-state index contributed by atoms with van der Waals surface area (Å²) >= 11 is 0.852. The molecule has 5 nitrogen and oxygen atoms in total. The first-order valence-electron chi connectivity index (χ1n) is 6.93. The zero-order valence-electron chi connectivity index (χ0n) is 12.8. The standard InChI is InChI=1S/C15H13F4NO4S/c1-24-6-7-11-8(16)3-2-4-10(11)25-12(7)13(21)20-9(14(22)23)5-15(17,18)19/h2-4,9H,5-6H2,1H3,(H,20,21)(H,22,23). The topological polar surface area (TPSA) is 75.6 Å². The lowest BCUT2D eigenvalue weighted by Gasteiger charge is -2.16. The molecule has 0 aliphatic carbocycles. The second-order valence-electron chi connectivity index (χ2n) is 5.14. The number of amides is 1. The molecule has 0 saturated heterocycles. The van der Waals surface area contributed by atoms with Gasteiger partial charge in [0.15, 0.2) is 0 Å². The Morgan fingerprint density at radius 3 is 2.60 bits per heavy atom. The van der Waals surface area contributed by atoms with Crippen molar-refractivity contribution >= 4 is 33.3 Å². The first kappa shape index (κ1) is 19.1. The first-order chi connectivity index (χ1) is 11.6. The van der Waals surface area contributed by atoms with Gasteiger partial charge in [-0.3, -0.25) is 4.79 Å². The Balaban J connectivity index is 2.39. The lowest BCUT2D eigenvalue weighted by molar-refractivity contribution is -0.157.